The fourth-order valence-corrected chi connectivity index (χ4v) is 3.02. The lowest BCUT2D eigenvalue weighted by molar-refractivity contribution is 0.0996. The molecule has 1 N–H and O–H groups in total. The molecule has 3 atom stereocenters. The lowest BCUT2D eigenvalue weighted by Crippen LogP contribution is -2.15. The van der Waals surface area contributed by atoms with Gasteiger partial charge in [-0.3, -0.25) is 0 Å². The number of aromatic nitrogens is 2. The molecule has 2 fully saturated rings. The Hall–Kier alpha value is -1.88. The van der Waals surface area contributed by atoms with Crippen LogP contribution in [0.25, 0.3) is 11.5 Å². The highest BCUT2D eigenvalue weighted by Gasteiger charge is 2.43. The van der Waals surface area contributed by atoms with Gasteiger partial charge in [0, 0.05) is 5.56 Å². The maximum Gasteiger partial charge on any atom is 0.257 e. The second-order valence-electron chi connectivity index (χ2n) is 5.22. The molecular weight excluding hydrogens is 244 g/mol. The molecule has 2 saturated heterocycles. The summed E-state index contributed by atoms with van der Waals surface area (Å²) < 4.78 is 11.1. The lowest BCUT2D eigenvalue weighted by atomic mass is 9.89. The van der Waals surface area contributed by atoms with Gasteiger partial charge in [-0.2, -0.15) is 4.98 Å². The number of hydrogen-bond acceptors (Lipinski definition) is 5. The normalized spacial score (nSPS) is 28.9. The van der Waals surface area contributed by atoms with Crippen LogP contribution < -0.4 is 0 Å². The van der Waals surface area contributed by atoms with Crippen LogP contribution >= 0.6 is 0 Å². The van der Waals surface area contributed by atoms with E-state index in [4.69, 9.17) is 9.26 Å². The number of hydrogen-bond donors (Lipinski definition) is 1. The van der Waals surface area contributed by atoms with Crippen LogP contribution in [0.4, 0.5) is 0 Å². The highest BCUT2D eigenvalue weighted by Crippen LogP contribution is 2.43. The highest BCUT2D eigenvalue weighted by atomic mass is 16.5. The Labute approximate surface area is 110 Å². The summed E-state index contributed by atoms with van der Waals surface area (Å²) in [6, 6.07) is 6.76. The molecule has 3 heterocycles. The van der Waals surface area contributed by atoms with E-state index in [0.29, 0.717) is 12.0 Å². The van der Waals surface area contributed by atoms with Crippen molar-refractivity contribution in [1.29, 1.82) is 0 Å². The van der Waals surface area contributed by atoms with Crippen molar-refractivity contribution in [3.05, 3.63) is 30.1 Å². The van der Waals surface area contributed by atoms with Gasteiger partial charge in [0.25, 0.3) is 5.89 Å². The number of phenols is 1. The molecule has 0 aliphatic carbocycles. The third-order valence-electron chi connectivity index (χ3n) is 3.99. The number of ether oxygens (including phenoxy) is 1. The van der Waals surface area contributed by atoms with E-state index in [9.17, 15) is 5.11 Å². The number of fused-ring (bicyclic) bond motifs is 2. The minimum absolute atomic E-state index is 0.227. The summed E-state index contributed by atoms with van der Waals surface area (Å²) in [5, 5.41) is 13.4. The maximum absolute atomic E-state index is 9.27. The van der Waals surface area contributed by atoms with Gasteiger partial charge in [0.1, 0.15) is 5.75 Å². The molecular formula is C14H14N2O3. The molecule has 0 radical (unpaired) electrons. The Bertz CT molecular complexity index is 593. The van der Waals surface area contributed by atoms with E-state index in [1.54, 1.807) is 24.3 Å². The zero-order valence-electron chi connectivity index (χ0n) is 10.3. The van der Waals surface area contributed by atoms with Crippen LogP contribution in [0.5, 0.6) is 5.75 Å². The summed E-state index contributed by atoms with van der Waals surface area (Å²) in [4.78, 5) is 4.47. The SMILES string of the molecule is Oc1ccc(-c2nc(C3CC4CCC3O4)no2)cc1. The Balaban J connectivity index is 1.61. The predicted molar refractivity (Wildman–Crippen MR) is 66.7 cm³/mol. The largest absolute Gasteiger partial charge is 0.508 e. The van der Waals surface area contributed by atoms with Crippen molar-refractivity contribution >= 4 is 0 Å². The summed E-state index contributed by atoms with van der Waals surface area (Å²) in [5.74, 6) is 1.74. The number of aromatic hydroxyl groups is 1. The average molecular weight is 258 g/mol. The van der Waals surface area contributed by atoms with Gasteiger partial charge in [-0.1, -0.05) is 5.16 Å². The van der Waals surface area contributed by atoms with Crippen LogP contribution in [0.1, 0.15) is 31.0 Å². The van der Waals surface area contributed by atoms with Crippen LogP contribution in [0, 0.1) is 0 Å². The van der Waals surface area contributed by atoms with Crippen LogP contribution in [0.15, 0.2) is 28.8 Å². The van der Waals surface area contributed by atoms with Crippen LogP contribution in [-0.2, 0) is 4.74 Å². The molecule has 3 unspecified atom stereocenters. The van der Waals surface area contributed by atoms with Crippen molar-refractivity contribution < 1.29 is 14.4 Å². The minimum atomic E-state index is 0.227. The average Bonchev–Trinajstić information content (AvgIpc) is 3.15. The summed E-state index contributed by atoms with van der Waals surface area (Å²) in [5.41, 5.74) is 0.820. The van der Waals surface area contributed by atoms with Crippen molar-refractivity contribution in [2.75, 3.05) is 0 Å². The Morgan fingerprint density at radius 3 is 2.68 bits per heavy atom. The first kappa shape index (κ1) is 11.0. The smallest absolute Gasteiger partial charge is 0.257 e. The van der Waals surface area contributed by atoms with Gasteiger partial charge < -0.3 is 14.4 Å². The number of benzene rings is 1. The first-order valence-electron chi connectivity index (χ1n) is 6.58. The van der Waals surface area contributed by atoms with Gasteiger partial charge in [-0.05, 0) is 43.5 Å². The molecule has 0 amide bonds. The lowest BCUT2D eigenvalue weighted by Gasteiger charge is -2.13. The van der Waals surface area contributed by atoms with Gasteiger partial charge in [-0.25, -0.2) is 0 Å². The van der Waals surface area contributed by atoms with E-state index in [2.05, 4.69) is 10.1 Å². The van der Waals surface area contributed by atoms with Crippen LogP contribution in [0.3, 0.4) is 0 Å². The Kier molecular flexibility index (Phi) is 2.35. The topological polar surface area (TPSA) is 68.4 Å². The van der Waals surface area contributed by atoms with E-state index in [1.807, 2.05) is 0 Å². The second kappa shape index (κ2) is 4.06. The third-order valence-corrected chi connectivity index (χ3v) is 3.99. The van der Waals surface area contributed by atoms with E-state index >= 15 is 0 Å². The molecule has 19 heavy (non-hydrogen) atoms. The van der Waals surface area contributed by atoms with E-state index in [1.165, 1.54) is 0 Å². The molecule has 4 rings (SSSR count). The zero-order valence-corrected chi connectivity index (χ0v) is 10.3. The summed E-state index contributed by atoms with van der Waals surface area (Å²) in [6.45, 7) is 0. The summed E-state index contributed by atoms with van der Waals surface area (Å²) >= 11 is 0. The molecule has 1 aromatic carbocycles. The summed E-state index contributed by atoms with van der Waals surface area (Å²) in [7, 11) is 0. The van der Waals surface area contributed by atoms with Crippen molar-refractivity contribution in [2.45, 2.75) is 37.4 Å². The monoisotopic (exact) mass is 258 g/mol. The van der Waals surface area contributed by atoms with Crippen LogP contribution in [0.2, 0.25) is 0 Å². The van der Waals surface area contributed by atoms with E-state index in [-0.39, 0.29) is 17.8 Å². The molecule has 1 aromatic heterocycles. The fourth-order valence-electron chi connectivity index (χ4n) is 3.02. The van der Waals surface area contributed by atoms with Crippen molar-refractivity contribution in [3.63, 3.8) is 0 Å². The highest BCUT2D eigenvalue weighted by molar-refractivity contribution is 5.54. The molecule has 98 valence electrons. The standard InChI is InChI=1S/C14H14N2O3/c17-9-3-1-8(2-4-9)14-15-13(16-19-14)11-7-10-5-6-12(11)18-10/h1-4,10-12,17H,5-7H2. The molecule has 2 aromatic rings. The van der Waals surface area contributed by atoms with Gasteiger partial charge >= 0.3 is 0 Å². The molecule has 0 saturated carbocycles. The maximum atomic E-state index is 9.27. The number of phenolic OH excluding ortho intramolecular Hbond substituents is 1. The molecule has 2 aliphatic rings. The Morgan fingerprint density at radius 1 is 1.16 bits per heavy atom. The van der Waals surface area contributed by atoms with Crippen LogP contribution in [-0.4, -0.2) is 27.5 Å². The quantitative estimate of drug-likeness (QED) is 0.896. The van der Waals surface area contributed by atoms with Gasteiger partial charge in [0.2, 0.25) is 0 Å². The van der Waals surface area contributed by atoms with Crippen molar-refractivity contribution in [1.82, 2.24) is 10.1 Å². The molecule has 2 aliphatic heterocycles. The van der Waals surface area contributed by atoms with Gasteiger partial charge in [0.05, 0.1) is 18.1 Å². The van der Waals surface area contributed by atoms with Gasteiger partial charge in [0.15, 0.2) is 5.82 Å². The number of nitrogens with zero attached hydrogens (tertiary/aromatic N) is 2. The third kappa shape index (κ3) is 1.81. The molecule has 2 bridgehead atoms. The first-order valence-corrected chi connectivity index (χ1v) is 6.58. The first-order chi connectivity index (χ1) is 9.29. The zero-order chi connectivity index (χ0) is 12.8. The Morgan fingerprint density at radius 2 is 2.00 bits per heavy atom. The molecule has 5 nitrogen and oxygen atoms in total. The number of rotatable bonds is 2. The molecule has 0 spiro atoms. The van der Waals surface area contributed by atoms with Crippen molar-refractivity contribution in [3.8, 4) is 17.2 Å². The summed E-state index contributed by atoms with van der Waals surface area (Å²) in [6.07, 6.45) is 3.89. The van der Waals surface area contributed by atoms with Crippen molar-refractivity contribution in [2.24, 2.45) is 0 Å². The molecule has 5 heteroatoms. The predicted octanol–water partition coefficient (Wildman–Crippen LogP) is 2.48. The van der Waals surface area contributed by atoms with E-state index < -0.39 is 0 Å². The van der Waals surface area contributed by atoms with E-state index in [0.717, 1.165) is 30.7 Å². The van der Waals surface area contributed by atoms with Gasteiger partial charge in [-0.15, -0.1) is 0 Å². The second-order valence-corrected chi connectivity index (χ2v) is 5.22. The fraction of sp³-hybridized carbons (Fsp3) is 0.429. The minimum Gasteiger partial charge on any atom is -0.508 e.